The average Bonchev–Trinajstić information content (AvgIpc) is 2.66. The third kappa shape index (κ3) is 1.59. The van der Waals surface area contributed by atoms with Crippen LogP contribution in [0.5, 0.6) is 0 Å². The van der Waals surface area contributed by atoms with Crippen LogP contribution in [-0.4, -0.2) is 37.6 Å². The molecule has 14 heavy (non-hydrogen) atoms. The van der Waals surface area contributed by atoms with E-state index in [2.05, 4.69) is 17.1 Å². The highest BCUT2D eigenvalue weighted by molar-refractivity contribution is 4.97. The van der Waals surface area contributed by atoms with Gasteiger partial charge in [-0.05, 0) is 49.6 Å². The summed E-state index contributed by atoms with van der Waals surface area (Å²) in [6.45, 7) is 9.07. The van der Waals surface area contributed by atoms with E-state index in [1.54, 1.807) is 0 Å². The normalized spacial score (nSPS) is 47.8. The Balaban J connectivity index is 1.53. The van der Waals surface area contributed by atoms with Crippen molar-refractivity contribution in [3.05, 3.63) is 0 Å². The first-order valence-corrected chi connectivity index (χ1v) is 6.21. The van der Waals surface area contributed by atoms with Crippen molar-refractivity contribution in [2.45, 2.75) is 26.2 Å². The molecule has 2 aliphatic heterocycles. The highest BCUT2D eigenvalue weighted by Crippen LogP contribution is 2.41. The molecule has 1 saturated carbocycles. The zero-order valence-corrected chi connectivity index (χ0v) is 9.26. The number of nitrogens with one attached hydrogen (secondary N) is 1. The summed E-state index contributed by atoms with van der Waals surface area (Å²) in [6.07, 6.45) is 4.35. The predicted molar refractivity (Wildman–Crippen MR) is 58.2 cm³/mol. The Hall–Kier alpha value is -0.0800. The Kier molecular flexibility index (Phi) is 2.10. The molecule has 80 valence electrons. The van der Waals surface area contributed by atoms with E-state index < -0.39 is 0 Å². The predicted octanol–water partition coefficient (Wildman–Crippen LogP) is 1.33. The number of nitrogens with zero attached hydrogens (tertiary/aromatic N) is 1. The quantitative estimate of drug-likeness (QED) is 0.713. The summed E-state index contributed by atoms with van der Waals surface area (Å²) in [6, 6.07) is 0. The summed E-state index contributed by atoms with van der Waals surface area (Å²) in [4.78, 5) is 2.72. The highest BCUT2D eigenvalue weighted by atomic mass is 15.2. The van der Waals surface area contributed by atoms with E-state index in [-0.39, 0.29) is 0 Å². The standard InChI is InChI=1S/C12H22N2/c1-10-6-11(10)7-14-5-3-12(9-14)2-4-13-8-12/h10-11,13H,2-9H2,1H3. The lowest BCUT2D eigenvalue weighted by Crippen LogP contribution is -2.30. The maximum Gasteiger partial charge on any atom is 0.00512 e. The average molecular weight is 194 g/mol. The largest absolute Gasteiger partial charge is 0.316 e. The lowest BCUT2D eigenvalue weighted by atomic mass is 9.87. The summed E-state index contributed by atoms with van der Waals surface area (Å²) >= 11 is 0. The SMILES string of the molecule is CC1CC1CN1CCC2(CCNC2)C1. The van der Waals surface area contributed by atoms with Crippen LogP contribution >= 0.6 is 0 Å². The second-order valence-electron chi connectivity index (χ2n) is 5.88. The lowest BCUT2D eigenvalue weighted by molar-refractivity contribution is 0.263. The van der Waals surface area contributed by atoms with Gasteiger partial charge in [0.2, 0.25) is 0 Å². The van der Waals surface area contributed by atoms with Gasteiger partial charge in [0.1, 0.15) is 0 Å². The van der Waals surface area contributed by atoms with Crippen LogP contribution in [0.4, 0.5) is 0 Å². The van der Waals surface area contributed by atoms with Gasteiger partial charge < -0.3 is 10.2 Å². The molecule has 2 heterocycles. The minimum atomic E-state index is 0.679. The molecule has 3 fully saturated rings. The second-order valence-corrected chi connectivity index (χ2v) is 5.88. The number of hydrogen-bond acceptors (Lipinski definition) is 2. The highest BCUT2D eigenvalue weighted by Gasteiger charge is 2.42. The van der Waals surface area contributed by atoms with Gasteiger partial charge in [-0.3, -0.25) is 0 Å². The number of likely N-dealkylation sites (tertiary alicyclic amines) is 1. The molecule has 1 spiro atoms. The van der Waals surface area contributed by atoms with Crippen molar-refractivity contribution >= 4 is 0 Å². The van der Waals surface area contributed by atoms with Crippen molar-refractivity contribution < 1.29 is 0 Å². The van der Waals surface area contributed by atoms with Crippen molar-refractivity contribution in [1.29, 1.82) is 0 Å². The molecular formula is C12H22N2. The summed E-state index contributed by atoms with van der Waals surface area (Å²) in [5.74, 6) is 2.06. The van der Waals surface area contributed by atoms with Gasteiger partial charge in [0.05, 0.1) is 0 Å². The fraction of sp³-hybridized carbons (Fsp3) is 1.00. The van der Waals surface area contributed by atoms with E-state index in [9.17, 15) is 0 Å². The van der Waals surface area contributed by atoms with Crippen LogP contribution in [0, 0.1) is 17.3 Å². The van der Waals surface area contributed by atoms with Gasteiger partial charge in [-0.25, -0.2) is 0 Å². The van der Waals surface area contributed by atoms with Crippen LogP contribution in [0.1, 0.15) is 26.2 Å². The first kappa shape index (κ1) is 9.17. The third-order valence-corrected chi connectivity index (χ3v) is 4.62. The van der Waals surface area contributed by atoms with Crippen molar-refractivity contribution in [2.75, 3.05) is 32.7 Å². The van der Waals surface area contributed by atoms with Gasteiger partial charge in [-0.1, -0.05) is 6.92 Å². The summed E-state index contributed by atoms with van der Waals surface area (Å²) < 4.78 is 0. The maximum absolute atomic E-state index is 3.53. The van der Waals surface area contributed by atoms with Gasteiger partial charge in [0, 0.05) is 19.6 Å². The molecule has 1 N–H and O–H groups in total. The van der Waals surface area contributed by atoms with E-state index in [0.29, 0.717) is 5.41 Å². The second kappa shape index (κ2) is 3.21. The Labute approximate surface area is 87.0 Å². The Morgan fingerprint density at radius 1 is 1.43 bits per heavy atom. The van der Waals surface area contributed by atoms with Crippen molar-refractivity contribution in [3.8, 4) is 0 Å². The summed E-state index contributed by atoms with van der Waals surface area (Å²) in [5.41, 5.74) is 0.679. The van der Waals surface area contributed by atoms with Crippen LogP contribution in [-0.2, 0) is 0 Å². The van der Waals surface area contributed by atoms with Crippen LogP contribution in [0.3, 0.4) is 0 Å². The molecule has 0 amide bonds. The zero-order chi connectivity index (χ0) is 9.60. The monoisotopic (exact) mass is 194 g/mol. The van der Waals surface area contributed by atoms with Gasteiger partial charge in [0.15, 0.2) is 0 Å². The lowest BCUT2D eigenvalue weighted by Gasteiger charge is -2.22. The van der Waals surface area contributed by atoms with Gasteiger partial charge in [0.25, 0.3) is 0 Å². The van der Waals surface area contributed by atoms with Crippen LogP contribution < -0.4 is 5.32 Å². The molecule has 2 saturated heterocycles. The molecule has 2 nitrogen and oxygen atoms in total. The summed E-state index contributed by atoms with van der Waals surface area (Å²) in [7, 11) is 0. The van der Waals surface area contributed by atoms with Crippen LogP contribution in [0.15, 0.2) is 0 Å². The third-order valence-electron chi connectivity index (χ3n) is 4.62. The Bertz CT molecular complexity index is 220. The van der Waals surface area contributed by atoms with Gasteiger partial charge in [-0.2, -0.15) is 0 Å². The molecule has 0 aromatic heterocycles. The maximum atomic E-state index is 3.53. The van der Waals surface area contributed by atoms with Gasteiger partial charge >= 0.3 is 0 Å². The smallest absolute Gasteiger partial charge is 0.00512 e. The van der Waals surface area contributed by atoms with Crippen molar-refractivity contribution in [1.82, 2.24) is 10.2 Å². The zero-order valence-electron chi connectivity index (χ0n) is 9.26. The van der Waals surface area contributed by atoms with E-state index in [1.807, 2.05) is 0 Å². The van der Waals surface area contributed by atoms with E-state index in [1.165, 1.54) is 52.0 Å². The molecule has 3 aliphatic rings. The molecule has 3 atom stereocenters. The fourth-order valence-corrected chi connectivity index (χ4v) is 3.31. The molecule has 0 aromatic carbocycles. The van der Waals surface area contributed by atoms with E-state index in [0.717, 1.165) is 11.8 Å². The number of hydrogen-bond donors (Lipinski definition) is 1. The fourth-order valence-electron chi connectivity index (χ4n) is 3.31. The molecule has 1 aliphatic carbocycles. The van der Waals surface area contributed by atoms with Crippen molar-refractivity contribution in [3.63, 3.8) is 0 Å². The number of rotatable bonds is 2. The Morgan fingerprint density at radius 2 is 2.29 bits per heavy atom. The Morgan fingerprint density at radius 3 is 2.93 bits per heavy atom. The molecule has 0 aromatic rings. The van der Waals surface area contributed by atoms with Gasteiger partial charge in [-0.15, -0.1) is 0 Å². The molecular weight excluding hydrogens is 172 g/mol. The molecule has 3 rings (SSSR count). The molecule has 0 radical (unpaired) electrons. The first-order valence-electron chi connectivity index (χ1n) is 6.21. The topological polar surface area (TPSA) is 15.3 Å². The van der Waals surface area contributed by atoms with Crippen LogP contribution in [0.2, 0.25) is 0 Å². The van der Waals surface area contributed by atoms with E-state index in [4.69, 9.17) is 0 Å². The minimum absolute atomic E-state index is 0.679. The first-order chi connectivity index (χ1) is 6.77. The molecule has 3 unspecified atom stereocenters. The summed E-state index contributed by atoms with van der Waals surface area (Å²) in [5, 5.41) is 3.53. The van der Waals surface area contributed by atoms with Crippen molar-refractivity contribution in [2.24, 2.45) is 17.3 Å². The molecule has 0 bridgehead atoms. The van der Waals surface area contributed by atoms with Crippen LogP contribution in [0.25, 0.3) is 0 Å². The molecule has 2 heteroatoms. The minimum Gasteiger partial charge on any atom is -0.316 e. The van der Waals surface area contributed by atoms with E-state index >= 15 is 0 Å².